The molecular weight excluding hydrogens is 328 g/mol. The van der Waals surface area contributed by atoms with Gasteiger partial charge < -0.3 is 4.43 Å². The van der Waals surface area contributed by atoms with E-state index in [1.54, 1.807) is 36.4 Å². The molecule has 0 unspecified atom stereocenters. The first-order valence-electron chi connectivity index (χ1n) is 8.51. The number of rotatable bonds is 6. The molecule has 0 N–H and O–H groups in total. The normalized spacial score (nSPS) is 11.9. The fourth-order valence-corrected chi connectivity index (χ4v) is 3.22. The van der Waals surface area contributed by atoms with Gasteiger partial charge in [-0.3, -0.25) is 9.59 Å². The van der Waals surface area contributed by atoms with E-state index in [1.807, 2.05) is 18.2 Å². The minimum atomic E-state index is -2.06. The van der Waals surface area contributed by atoms with Gasteiger partial charge >= 0.3 is 0 Å². The maximum Gasteiger partial charge on any atom is 0.250 e. The predicted octanol–water partition coefficient (Wildman–Crippen LogP) is 5.53. The van der Waals surface area contributed by atoms with E-state index >= 15 is 0 Å². The molecule has 2 aromatic carbocycles. The lowest BCUT2D eigenvalue weighted by atomic mass is 10.0. The Labute approximate surface area is 151 Å². The van der Waals surface area contributed by atoms with Crippen molar-refractivity contribution in [2.24, 2.45) is 0 Å². The number of carbonyl (C=O) groups excluding carboxylic acids is 2. The number of carbonyl (C=O) groups is 2. The van der Waals surface area contributed by atoms with Crippen LogP contribution in [0.3, 0.4) is 0 Å². The van der Waals surface area contributed by atoms with E-state index in [2.05, 4.69) is 33.9 Å². The fourth-order valence-electron chi connectivity index (χ4n) is 2.18. The molecule has 0 amide bonds. The lowest BCUT2D eigenvalue weighted by Crippen LogP contribution is -2.44. The largest absolute Gasteiger partial charge is 0.543 e. The zero-order valence-corrected chi connectivity index (χ0v) is 16.6. The molecule has 0 saturated heterocycles. The highest BCUT2D eigenvalue weighted by Gasteiger charge is 2.39. The average molecular weight is 355 g/mol. The van der Waals surface area contributed by atoms with Gasteiger partial charge in [-0.2, -0.15) is 0 Å². The van der Waals surface area contributed by atoms with Crippen LogP contribution in [0.1, 0.15) is 47.9 Å². The summed E-state index contributed by atoms with van der Waals surface area (Å²) in [7, 11) is -2.06. The van der Waals surface area contributed by atoms with E-state index < -0.39 is 8.32 Å². The summed E-state index contributed by atoms with van der Waals surface area (Å²) in [5.74, 6) is 0.204. The molecule has 0 aliphatic heterocycles. The van der Waals surface area contributed by atoms with Crippen molar-refractivity contribution in [3.63, 3.8) is 0 Å². The van der Waals surface area contributed by atoms with Gasteiger partial charge in [0.25, 0.3) is 8.32 Å². The standard InChI is InChI=1S/C21H26O3Si/c1-21(2,3)25(4,5)24-20-14-10-9-13-17(20)19(23)15-18(22)16-11-7-6-8-12-16/h6-14H,15H2,1-5H3. The lowest BCUT2D eigenvalue weighted by molar-refractivity contribution is 0.0893. The summed E-state index contributed by atoms with van der Waals surface area (Å²) >= 11 is 0. The number of Topliss-reactive ketones (excluding diaryl/α,β-unsaturated/α-hetero) is 2. The molecule has 2 rings (SSSR count). The van der Waals surface area contributed by atoms with Crippen molar-refractivity contribution in [2.75, 3.05) is 0 Å². The molecule has 0 bridgehead atoms. The van der Waals surface area contributed by atoms with E-state index in [9.17, 15) is 9.59 Å². The molecule has 0 radical (unpaired) electrons. The summed E-state index contributed by atoms with van der Waals surface area (Å²) in [5, 5.41) is 0.0308. The third-order valence-corrected chi connectivity index (χ3v) is 9.12. The Morgan fingerprint density at radius 2 is 1.44 bits per heavy atom. The molecule has 0 fully saturated rings. The SMILES string of the molecule is CC(C)(C)[Si](C)(C)Oc1ccccc1C(=O)CC(=O)c1ccccc1. The van der Waals surface area contributed by atoms with Crippen molar-refractivity contribution in [3.8, 4) is 5.75 Å². The highest BCUT2D eigenvalue weighted by Crippen LogP contribution is 2.38. The fraction of sp³-hybridized carbons (Fsp3) is 0.333. The Balaban J connectivity index is 2.23. The molecule has 0 saturated carbocycles. The summed E-state index contributed by atoms with van der Waals surface area (Å²) in [6, 6.07) is 16.1. The van der Waals surface area contributed by atoms with E-state index in [0.29, 0.717) is 16.9 Å². The maximum atomic E-state index is 12.7. The summed E-state index contributed by atoms with van der Waals surface area (Å²) in [5.41, 5.74) is 1.04. The van der Waals surface area contributed by atoms with Gasteiger partial charge in [0.2, 0.25) is 0 Å². The van der Waals surface area contributed by atoms with Crippen LogP contribution in [-0.2, 0) is 0 Å². The second kappa shape index (κ2) is 7.36. The van der Waals surface area contributed by atoms with Gasteiger partial charge in [0.15, 0.2) is 11.6 Å². The van der Waals surface area contributed by atoms with Crippen molar-refractivity contribution in [1.29, 1.82) is 0 Å². The van der Waals surface area contributed by atoms with Gasteiger partial charge in [-0.05, 0) is 30.3 Å². The Morgan fingerprint density at radius 1 is 0.880 bits per heavy atom. The van der Waals surface area contributed by atoms with Gasteiger partial charge in [-0.25, -0.2) is 0 Å². The molecular formula is C21H26O3Si. The Bertz CT molecular complexity index is 758. The molecule has 25 heavy (non-hydrogen) atoms. The Kier molecular flexibility index (Phi) is 5.63. The van der Waals surface area contributed by atoms with Gasteiger partial charge in [-0.1, -0.05) is 63.2 Å². The molecule has 0 spiro atoms. The first-order valence-corrected chi connectivity index (χ1v) is 11.4. The van der Waals surface area contributed by atoms with Crippen LogP contribution in [0.5, 0.6) is 5.75 Å². The van der Waals surface area contributed by atoms with E-state index in [1.165, 1.54) is 0 Å². The number of benzene rings is 2. The second-order valence-electron chi connectivity index (χ2n) is 7.75. The first kappa shape index (κ1) is 19.1. The third-order valence-electron chi connectivity index (χ3n) is 4.78. The van der Waals surface area contributed by atoms with Crippen LogP contribution in [0.15, 0.2) is 54.6 Å². The van der Waals surface area contributed by atoms with E-state index in [0.717, 1.165) is 0 Å². The van der Waals surface area contributed by atoms with Gasteiger partial charge in [-0.15, -0.1) is 0 Å². The molecule has 0 aliphatic carbocycles. The van der Waals surface area contributed by atoms with Crippen LogP contribution >= 0.6 is 0 Å². The summed E-state index contributed by atoms with van der Waals surface area (Å²) in [6.07, 6.45) is -0.151. The molecule has 2 aromatic rings. The van der Waals surface area contributed by atoms with Crippen LogP contribution in [0.25, 0.3) is 0 Å². The molecule has 132 valence electrons. The second-order valence-corrected chi connectivity index (χ2v) is 12.5. The maximum absolute atomic E-state index is 12.7. The van der Waals surface area contributed by atoms with E-state index in [4.69, 9.17) is 4.43 Å². The zero-order valence-electron chi connectivity index (χ0n) is 15.6. The lowest BCUT2D eigenvalue weighted by Gasteiger charge is -2.36. The Morgan fingerprint density at radius 3 is 2.04 bits per heavy atom. The summed E-state index contributed by atoms with van der Waals surface area (Å²) < 4.78 is 6.31. The number of para-hydroxylation sites is 1. The smallest absolute Gasteiger partial charge is 0.250 e. The first-order chi connectivity index (χ1) is 11.6. The number of hydrogen-bond donors (Lipinski definition) is 0. The average Bonchev–Trinajstić information content (AvgIpc) is 2.54. The molecule has 3 nitrogen and oxygen atoms in total. The van der Waals surface area contributed by atoms with Crippen molar-refractivity contribution < 1.29 is 14.0 Å². The van der Waals surface area contributed by atoms with Crippen molar-refractivity contribution >= 4 is 19.9 Å². The Hall–Kier alpha value is -2.20. The van der Waals surface area contributed by atoms with Crippen LogP contribution in [-0.4, -0.2) is 19.9 Å². The molecule has 0 atom stereocenters. The van der Waals surface area contributed by atoms with Gasteiger partial charge in [0, 0.05) is 5.56 Å². The van der Waals surface area contributed by atoms with Crippen molar-refractivity contribution in [1.82, 2.24) is 0 Å². The summed E-state index contributed by atoms with van der Waals surface area (Å²) in [6.45, 7) is 10.8. The molecule has 0 heterocycles. The minimum Gasteiger partial charge on any atom is -0.543 e. The zero-order chi connectivity index (χ0) is 18.7. The highest BCUT2D eigenvalue weighted by atomic mass is 28.4. The summed E-state index contributed by atoms with van der Waals surface area (Å²) in [4.78, 5) is 25.0. The van der Waals surface area contributed by atoms with Crippen LogP contribution in [0, 0.1) is 0 Å². The minimum absolute atomic E-state index is 0.0308. The van der Waals surface area contributed by atoms with Crippen molar-refractivity contribution in [3.05, 3.63) is 65.7 Å². The molecule has 0 aromatic heterocycles. The molecule has 4 heteroatoms. The monoisotopic (exact) mass is 354 g/mol. The third kappa shape index (κ3) is 4.66. The highest BCUT2D eigenvalue weighted by molar-refractivity contribution is 6.74. The van der Waals surface area contributed by atoms with Crippen LogP contribution < -0.4 is 4.43 Å². The van der Waals surface area contributed by atoms with Gasteiger partial charge in [0.1, 0.15) is 5.75 Å². The number of hydrogen-bond acceptors (Lipinski definition) is 3. The van der Waals surface area contributed by atoms with Gasteiger partial charge in [0.05, 0.1) is 12.0 Å². The predicted molar refractivity (Wildman–Crippen MR) is 104 cm³/mol. The van der Waals surface area contributed by atoms with Crippen LogP contribution in [0.2, 0.25) is 18.1 Å². The van der Waals surface area contributed by atoms with Crippen molar-refractivity contribution in [2.45, 2.75) is 45.3 Å². The number of ketones is 2. The molecule has 0 aliphatic rings. The van der Waals surface area contributed by atoms with E-state index in [-0.39, 0.29) is 23.0 Å². The quantitative estimate of drug-likeness (QED) is 0.389. The van der Waals surface area contributed by atoms with Crippen LogP contribution in [0.4, 0.5) is 0 Å². The topological polar surface area (TPSA) is 43.4 Å².